The number of carbonyl (C=O) groups is 2. The van der Waals surface area contributed by atoms with Crippen molar-refractivity contribution in [1.29, 1.82) is 0 Å². The van der Waals surface area contributed by atoms with Crippen molar-refractivity contribution in [3.63, 3.8) is 0 Å². The smallest absolute Gasteiger partial charge is 0.329 e. The molecule has 0 bridgehead atoms. The molecule has 4 heteroatoms. The highest BCUT2D eigenvalue weighted by atomic mass is 16.4. The number of hydrogen-bond acceptors (Lipinski definition) is 2. The van der Waals surface area contributed by atoms with Crippen LogP contribution in [-0.4, -0.2) is 22.5 Å². The SMILES string of the molecule is CCC(C)(NC(=O)C(C)C(C)C)C(=O)O. The van der Waals surface area contributed by atoms with E-state index < -0.39 is 11.5 Å². The number of rotatable bonds is 5. The van der Waals surface area contributed by atoms with Crippen LogP contribution in [0.25, 0.3) is 0 Å². The molecule has 0 aliphatic carbocycles. The molecule has 0 aromatic heterocycles. The Kier molecular flexibility index (Phi) is 4.78. The maximum Gasteiger partial charge on any atom is 0.329 e. The quantitative estimate of drug-likeness (QED) is 0.732. The lowest BCUT2D eigenvalue weighted by Crippen LogP contribution is -2.53. The Morgan fingerprint density at radius 2 is 1.80 bits per heavy atom. The zero-order valence-electron chi connectivity index (χ0n) is 10.1. The van der Waals surface area contributed by atoms with Gasteiger partial charge >= 0.3 is 5.97 Å². The summed E-state index contributed by atoms with van der Waals surface area (Å²) in [6.45, 7) is 8.95. The molecule has 1 amide bonds. The lowest BCUT2D eigenvalue weighted by molar-refractivity contribution is -0.147. The Labute approximate surface area is 91.1 Å². The van der Waals surface area contributed by atoms with Crippen molar-refractivity contribution >= 4 is 11.9 Å². The summed E-state index contributed by atoms with van der Waals surface area (Å²) in [7, 11) is 0. The summed E-state index contributed by atoms with van der Waals surface area (Å²) in [4.78, 5) is 22.7. The molecule has 0 spiro atoms. The van der Waals surface area contributed by atoms with Crippen LogP contribution in [0.2, 0.25) is 0 Å². The average molecular weight is 215 g/mol. The Morgan fingerprint density at radius 1 is 1.33 bits per heavy atom. The van der Waals surface area contributed by atoms with Crippen LogP contribution in [-0.2, 0) is 9.59 Å². The van der Waals surface area contributed by atoms with E-state index >= 15 is 0 Å². The van der Waals surface area contributed by atoms with Crippen LogP contribution < -0.4 is 5.32 Å². The van der Waals surface area contributed by atoms with Gasteiger partial charge in [0.25, 0.3) is 0 Å². The van der Waals surface area contributed by atoms with E-state index in [0.29, 0.717) is 6.42 Å². The molecule has 0 fully saturated rings. The van der Waals surface area contributed by atoms with Crippen LogP contribution in [0.1, 0.15) is 41.0 Å². The molecule has 0 aliphatic heterocycles. The van der Waals surface area contributed by atoms with Crippen LogP contribution in [0.4, 0.5) is 0 Å². The van der Waals surface area contributed by atoms with Crippen LogP contribution in [0.5, 0.6) is 0 Å². The van der Waals surface area contributed by atoms with Gasteiger partial charge in [-0.2, -0.15) is 0 Å². The van der Waals surface area contributed by atoms with E-state index in [1.54, 1.807) is 13.8 Å². The first-order chi connectivity index (χ1) is 6.74. The van der Waals surface area contributed by atoms with Gasteiger partial charge in [-0.25, -0.2) is 4.79 Å². The van der Waals surface area contributed by atoms with Gasteiger partial charge in [-0.1, -0.05) is 27.7 Å². The second kappa shape index (κ2) is 5.14. The van der Waals surface area contributed by atoms with Gasteiger partial charge in [0.15, 0.2) is 0 Å². The first-order valence-electron chi connectivity index (χ1n) is 5.30. The molecule has 0 rings (SSSR count). The highest BCUT2D eigenvalue weighted by Gasteiger charge is 2.34. The van der Waals surface area contributed by atoms with Gasteiger partial charge in [0.1, 0.15) is 5.54 Å². The van der Waals surface area contributed by atoms with E-state index in [-0.39, 0.29) is 17.7 Å². The van der Waals surface area contributed by atoms with Crippen molar-refractivity contribution in [2.45, 2.75) is 46.6 Å². The summed E-state index contributed by atoms with van der Waals surface area (Å²) in [5, 5.41) is 11.6. The second-order valence-corrected chi connectivity index (χ2v) is 4.51. The molecular formula is C11H21NO3. The van der Waals surface area contributed by atoms with E-state index in [4.69, 9.17) is 5.11 Å². The second-order valence-electron chi connectivity index (χ2n) is 4.51. The summed E-state index contributed by atoms with van der Waals surface area (Å²) >= 11 is 0. The molecule has 0 aromatic carbocycles. The van der Waals surface area contributed by atoms with Crippen molar-refractivity contribution in [3.05, 3.63) is 0 Å². The number of aliphatic carboxylic acids is 1. The molecule has 0 radical (unpaired) electrons. The summed E-state index contributed by atoms with van der Waals surface area (Å²) in [6.07, 6.45) is 0.374. The monoisotopic (exact) mass is 215 g/mol. The van der Waals surface area contributed by atoms with Gasteiger partial charge in [-0.3, -0.25) is 4.79 Å². The number of carboxylic acids is 1. The van der Waals surface area contributed by atoms with Crippen LogP contribution >= 0.6 is 0 Å². The third-order valence-electron chi connectivity index (χ3n) is 2.99. The topological polar surface area (TPSA) is 66.4 Å². The highest BCUT2D eigenvalue weighted by Crippen LogP contribution is 2.14. The van der Waals surface area contributed by atoms with Crippen molar-refractivity contribution in [2.24, 2.45) is 11.8 Å². The molecule has 0 saturated carbocycles. The summed E-state index contributed by atoms with van der Waals surface area (Å²) in [6, 6.07) is 0. The first kappa shape index (κ1) is 13.9. The molecule has 0 heterocycles. The highest BCUT2D eigenvalue weighted by molar-refractivity contribution is 5.87. The predicted molar refractivity (Wildman–Crippen MR) is 58.5 cm³/mol. The fraction of sp³-hybridized carbons (Fsp3) is 0.818. The normalized spacial score (nSPS) is 16.9. The largest absolute Gasteiger partial charge is 0.480 e. The van der Waals surface area contributed by atoms with E-state index in [2.05, 4.69) is 5.32 Å². The molecule has 15 heavy (non-hydrogen) atoms. The molecule has 0 aromatic rings. The maximum atomic E-state index is 11.7. The van der Waals surface area contributed by atoms with E-state index in [9.17, 15) is 9.59 Å². The first-order valence-corrected chi connectivity index (χ1v) is 5.30. The number of carbonyl (C=O) groups excluding carboxylic acids is 1. The van der Waals surface area contributed by atoms with Gasteiger partial charge < -0.3 is 10.4 Å². The maximum absolute atomic E-state index is 11.7. The zero-order chi connectivity index (χ0) is 12.2. The van der Waals surface area contributed by atoms with Crippen molar-refractivity contribution in [2.75, 3.05) is 0 Å². The van der Waals surface area contributed by atoms with Crippen molar-refractivity contribution in [1.82, 2.24) is 5.32 Å². The van der Waals surface area contributed by atoms with Gasteiger partial charge in [0, 0.05) is 5.92 Å². The van der Waals surface area contributed by atoms with Gasteiger partial charge in [-0.15, -0.1) is 0 Å². The summed E-state index contributed by atoms with van der Waals surface area (Å²) in [5.41, 5.74) is -1.15. The minimum Gasteiger partial charge on any atom is -0.480 e. The average Bonchev–Trinajstić information content (AvgIpc) is 2.15. The Balaban J connectivity index is 4.57. The third kappa shape index (κ3) is 3.53. The van der Waals surface area contributed by atoms with Gasteiger partial charge in [0.2, 0.25) is 5.91 Å². The molecule has 0 saturated heterocycles. The minimum atomic E-state index is -1.15. The number of carboxylic acid groups (broad SMARTS) is 1. The lowest BCUT2D eigenvalue weighted by Gasteiger charge is -2.27. The van der Waals surface area contributed by atoms with Crippen LogP contribution in [0, 0.1) is 11.8 Å². The summed E-state index contributed by atoms with van der Waals surface area (Å²) < 4.78 is 0. The number of amides is 1. The van der Waals surface area contributed by atoms with E-state index in [1.165, 1.54) is 6.92 Å². The van der Waals surface area contributed by atoms with Gasteiger partial charge in [-0.05, 0) is 19.3 Å². The number of nitrogens with one attached hydrogen (secondary N) is 1. The fourth-order valence-electron chi connectivity index (χ4n) is 0.982. The Hall–Kier alpha value is -1.06. The van der Waals surface area contributed by atoms with E-state index in [1.807, 2.05) is 13.8 Å². The van der Waals surface area contributed by atoms with Crippen molar-refractivity contribution < 1.29 is 14.7 Å². The zero-order valence-corrected chi connectivity index (χ0v) is 10.1. The number of hydrogen-bond donors (Lipinski definition) is 2. The molecule has 0 aliphatic rings. The van der Waals surface area contributed by atoms with Crippen LogP contribution in [0.3, 0.4) is 0 Å². The Morgan fingerprint density at radius 3 is 2.07 bits per heavy atom. The Bertz CT molecular complexity index is 250. The molecule has 4 nitrogen and oxygen atoms in total. The third-order valence-corrected chi connectivity index (χ3v) is 2.99. The minimum absolute atomic E-state index is 0.171. The molecule has 88 valence electrons. The standard InChI is InChI=1S/C11H21NO3/c1-6-11(5,10(14)15)12-9(13)8(4)7(2)3/h7-8H,6H2,1-5H3,(H,12,13)(H,14,15). The molecular weight excluding hydrogens is 194 g/mol. The fourth-order valence-corrected chi connectivity index (χ4v) is 0.982. The van der Waals surface area contributed by atoms with Crippen molar-refractivity contribution in [3.8, 4) is 0 Å². The predicted octanol–water partition coefficient (Wildman–Crippen LogP) is 1.65. The van der Waals surface area contributed by atoms with Crippen LogP contribution in [0.15, 0.2) is 0 Å². The lowest BCUT2D eigenvalue weighted by atomic mass is 9.93. The molecule has 2 N–H and O–H groups in total. The van der Waals surface area contributed by atoms with E-state index in [0.717, 1.165) is 0 Å². The molecule has 2 atom stereocenters. The van der Waals surface area contributed by atoms with Gasteiger partial charge in [0.05, 0.1) is 0 Å². The summed E-state index contributed by atoms with van der Waals surface area (Å²) in [5.74, 6) is -1.15. The molecule has 2 unspecified atom stereocenters.